The van der Waals surface area contributed by atoms with Gasteiger partial charge in [-0.2, -0.15) is 0 Å². The Labute approximate surface area is 145 Å². The molecule has 0 aliphatic carbocycles. The normalized spacial score (nSPS) is 12.5. The number of hydrogen-bond acceptors (Lipinski definition) is 6. The Morgan fingerprint density at radius 1 is 1.33 bits per heavy atom. The van der Waals surface area contributed by atoms with Crippen molar-refractivity contribution in [2.24, 2.45) is 10.7 Å². The van der Waals surface area contributed by atoms with Crippen LogP contribution >= 0.6 is 0 Å². The van der Waals surface area contributed by atoms with E-state index in [-0.39, 0.29) is 24.7 Å². The number of aliphatic hydroxyl groups is 1. The summed E-state index contributed by atoms with van der Waals surface area (Å²) >= 11 is 0. The van der Waals surface area contributed by atoms with Crippen molar-refractivity contribution in [1.29, 1.82) is 0 Å². The van der Waals surface area contributed by atoms with Crippen LogP contribution in [0.3, 0.4) is 0 Å². The van der Waals surface area contributed by atoms with E-state index in [4.69, 9.17) is 20.3 Å². The SMILES string of the molecule is C=C(NC=C(OCCO)C(N)=NCCCC)NC(=C)OC(C)(C)C. The Morgan fingerprint density at radius 3 is 2.54 bits per heavy atom. The molecular formula is C17H32N4O3. The largest absolute Gasteiger partial charge is 0.486 e. The highest BCUT2D eigenvalue weighted by Gasteiger charge is 2.12. The third-order valence-electron chi connectivity index (χ3n) is 2.49. The molecule has 7 heteroatoms. The maximum absolute atomic E-state index is 8.90. The van der Waals surface area contributed by atoms with Crippen molar-refractivity contribution in [3.63, 3.8) is 0 Å². The zero-order valence-electron chi connectivity index (χ0n) is 15.3. The number of unbranched alkanes of at least 4 members (excludes halogenated alkanes) is 1. The summed E-state index contributed by atoms with van der Waals surface area (Å²) in [7, 11) is 0. The van der Waals surface area contributed by atoms with Gasteiger partial charge in [0.25, 0.3) is 0 Å². The van der Waals surface area contributed by atoms with E-state index in [1.54, 1.807) is 0 Å². The molecule has 0 amide bonds. The van der Waals surface area contributed by atoms with Crippen LogP contribution < -0.4 is 16.4 Å². The van der Waals surface area contributed by atoms with Crippen LogP contribution in [0.5, 0.6) is 0 Å². The first-order valence-corrected chi connectivity index (χ1v) is 8.04. The fourth-order valence-corrected chi connectivity index (χ4v) is 1.53. The topological polar surface area (TPSA) is 101 Å². The zero-order chi connectivity index (χ0) is 18.6. The second kappa shape index (κ2) is 11.4. The second-order valence-corrected chi connectivity index (χ2v) is 6.09. The maximum atomic E-state index is 8.90. The fraction of sp³-hybridized carbons (Fsp3) is 0.588. The molecule has 0 radical (unpaired) electrons. The molecule has 7 nitrogen and oxygen atoms in total. The number of rotatable bonds is 12. The highest BCUT2D eigenvalue weighted by molar-refractivity contribution is 5.95. The van der Waals surface area contributed by atoms with E-state index < -0.39 is 0 Å². The van der Waals surface area contributed by atoms with Gasteiger partial charge in [0.1, 0.15) is 18.0 Å². The lowest BCUT2D eigenvalue weighted by Gasteiger charge is -2.23. The van der Waals surface area contributed by atoms with Crippen LogP contribution in [0.2, 0.25) is 0 Å². The predicted molar refractivity (Wildman–Crippen MR) is 97.9 cm³/mol. The number of ether oxygens (including phenoxy) is 2. The number of hydrogen-bond donors (Lipinski definition) is 4. The van der Waals surface area contributed by atoms with Crippen molar-refractivity contribution < 1.29 is 14.6 Å². The number of aliphatic imine (C=N–C) groups is 1. The lowest BCUT2D eigenvalue weighted by Crippen LogP contribution is -2.29. The van der Waals surface area contributed by atoms with Gasteiger partial charge in [-0.1, -0.05) is 19.9 Å². The monoisotopic (exact) mass is 340 g/mol. The molecule has 5 N–H and O–H groups in total. The lowest BCUT2D eigenvalue weighted by atomic mass is 10.2. The van der Waals surface area contributed by atoms with E-state index in [2.05, 4.69) is 35.7 Å². The van der Waals surface area contributed by atoms with Crippen LogP contribution in [0.4, 0.5) is 0 Å². The molecule has 0 aromatic rings. The number of nitrogens with two attached hydrogens (primary N) is 1. The van der Waals surface area contributed by atoms with E-state index in [0.717, 1.165) is 12.8 Å². The van der Waals surface area contributed by atoms with Gasteiger partial charge in [-0.3, -0.25) is 4.99 Å². The Hall–Kier alpha value is -2.15. The fourth-order valence-electron chi connectivity index (χ4n) is 1.53. The average molecular weight is 340 g/mol. The van der Waals surface area contributed by atoms with Crippen LogP contribution in [-0.4, -0.2) is 36.3 Å². The summed E-state index contributed by atoms with van der Waals surface area (Å²) in [4.78, 5) is 4.24. The van der Waals surface area contributed by atoms with E-state index in [1.165, 1.54) is 6.20 Å². The second-order valence-electron chi connectivity index (χ2n) is 6.09. The molecule has 0 unspecified atom stereocenters. The molecule has 0 aromatic carbocycles. The predicted octanol–water partition coefficient (Wildman–Crippen LogP) is 1.93. The summed E-state index contributed by atoms with van der Waals surface area (Å²) in [5.74, 6) is 1.42. The van der Waals surface area contributed by atoms with E-state index >= 15 is 0 Å². The van der Waals surface area contributed by atoms with Crippen molar-refractivity contribution in [3.8, 4) is 0 Å². The van der Waals surface area contributed by atoms with Gasteiger partial charge in [0.05, 0.1) is 6.61 Å². The highest BCUT2D eigenvalue weighted by Crippen LogP contribution is 2.10. The lowest BCUT2D eigenvalue weighted by molar-refractivity contribution is 0.0438. The molecule has 0 aliphatic heterocycles. The third kappa shape index (κ3) is 11.4. The molecule has 0 aliphatic rings. The van der Waals surface area contributed by atoms with Crippen molar-refractivity contribution >= 4 is 5.84 Å². The summed E-state index contributed by atoms with van der Waals surface area (Å²) < 4.78 is 10.9. The molecule has 0 saturated carbocycles. The van der Waals surface area contributed by atoms with Gasteiger partial charge in [-0.15, -0.1) is 0 Å². The quantitative estimate of drug-likeness (QED) is 0.187. The number of nitrogens with one attached hydrogen (secondary N) is 2. The third-order valence-corrected chi connectivity index (χ3v) is 2.49. The Morgan fingerprint density at radius 2 is 2.00 bits per heavy atom. The molecule has 0 fully saturated rings. The number of amidine groups is 1. The van der Waals surface area contributed by atoms with Gasteiger partial charge in [0, 0.05) is 12.7 Å². The molecule has 0 rings (SSSR count). The van der Waals surface area contributed by atoms with Gasteiger partial charge in [-0.05, 0) is 33.8 Å². The summed E-state index contributed by atoms with van der Waals surface area (Å²) in [5.41, 5.74) is 5.56. The molecule has 0 bridgehead atoms. The molecule has 0 aromatic heterocycles. The van der Waals surface area contributed by atoms with Gasteiger partial charge >= 0.3 is 0 Å². The zero-order valence-corrected chi connectivity index (χ0v) is 15.3. The molecule has 138 valence electrons. The minimum absolute atomic E-state index is 0.116. The molecule has 0 spiro atoms. The smallest absolute Gasteiger partial charge is 0.185 e. The van der Waals surface area contributed by atoms with Crippen LogP contribution in [0.15, 0.2) is 41.8 Å². The molecule has 0 saturated heterocycles. The molecule has 0 atom stereocenters. The summed E-state index contributed by atoms with van der Waals surface area (Å²) in [6.07, 6.45) is 3.50. The van der Waals surface area contributed by atoms with Crippen LogP contribution in [0.25, 0.3) is 0 Å². The summed E-state index contributed by atoms with van der Waals surface area (Å²) in [6.45, 7) is 16.1. The Balaban J connectivity index is 4.70. The average Bonchev–Trinajstić information content (AvgIpc) is 2.45. The maximum Gasteiger partial charge on any atom is 0.185 e. The first-order chi connectivity index (χ1) is 11.2. The van der Waals surface area contributed by atoms with Crippen molar-refractivity contribution in [3.05, 3.63) is 36.8 Å². The molecule has 0 heterocycles. The minimum Gasteiger partial charge on any atom is -0.486 e. The number of aliphatic hydroxyl groups excluding tert-OH is 1. The highest BCUT2D eigenvalue weighted by atomic mass is 16.5. The van der Waals surface area contributed by atoms with Crippen molar-refractivity contribution in [1.82, 2.24) is 10.6 Å². The molecular weight excluding hydrogens is 308 g/mol. The van der Waals surface area contributed by atoms with E-state index in [1.807, 2.05) is 20.8 Å². The number of nitrogens with zero attached hydrogens (tertiary/aromatic N) is 1. The Kier molecular flexibility index (Phi) is 10.4. The first-order valence-electron chi connectivity index (χ1n) is 8.04. The molecule has 24 heavy (non-hydrogen) atoms. The Bertz CT molecular complexity index is 465. The van der Waals surface area contributed by atoms with Crippen LogP contribution in [-0.2, 0) is 9.47 Å². The van der Waals surface area contributed by atoms with Crippen molar-refractivity contribution in [2.45, 2.75) is 46.1 Å². The van der Waals surface area contributed by atoms with E-state index in [0.29, 0.717) is 24.0 Å². The van der Waals surface area contributed by atoms with E-state index in [9.17, 15) is 0 Å². The van der Waals surface area contributed by atoms with Gasteiger partial charge in [-0.25, -0.2) is 0 Å². The summed E-state index contributed by atoms with van der Waals surface area (Å²) in [5, 5.41) is 14.7. The van der Waals surface area contributed by atoms with Gasteiger partial charge < -0.3 is 30.9 Å². The minimum atomic E-state index is -0.355. The van der Waals surface area contributed by atoms with Crippen LogP contribution in [0.1, 0.15) is 40.5 Å². The van der Waals surface area contributed by atoms with Gasteiger partial charge in [0.15, 0.2) is 17.5 Å². The van der Waals surface area contributed by atoms with Crippen molar-refractivity contribution in [2.75, 3.05) is 19.8 Å². The van der Waals surface area contributed by atoms with Gasteiger partial charge in [0.2, 0.25) is 0 Å². The summed E-state index contributed by atoms with van der Waals surface area (Å²) in [6, 6.07) is 0. The first kappa shape index (κ1) is 21.9. The van der Waals surface area contributed by atoms with Crippen LogP contribution in [0, 0.1) is 0 Å². The standard InChI is InChI=1S/C17H32N4O3/c1-7-8-9-19-16(18)15(23-11-10-22)12-20-13(2)21-14(3)24-17(4,5)6/h12,20-22H,2-3,7-11H2,1,4-6H3,(H2,18,19).